The molecule has 0 fully saturated rings. The Morgan fingerprint density at radius 1 is 1.04 bits per heavy atom. The lowest BCUT2D eigenvalue weighted by molar-refractivity contribution is -0.137. The first-order valence-corrected chi connectivity index (χ1v) is 7.30. The van der Waals surface area contributed by atoms with E-state index < -0.39 is 17.6 Å². The Morgan fingerprint density at radius 3 is 2.12 bits per heavy atom. The highest BCUT2D eigenvalue weighted by atomic mass is 19.4. The maximum Gasteiger partial charge on any atom is 0.416 e. The van der Waals surface area contributed by atoms with Crippen LogP contribution in [0.25, 0.3) is 0 Å². The minimum atomic E-state index is -4.44. The average Bonchev–Trinajstić information content (AvgIpc) is 2.54. The molecule has 0 aliphatic carbocycles. The van der Waals surface area contributed by atoms with Crippen LogP contribution in [0, 0.1) is 0 Å². The second-order valence-corrected chi connectivity index (χ2v) is 5.73. The van der Waals surface area contributed by atoms with Crippen molar-refractivity contribution in [3.05, 3.63) is 41.6 Å². The van der Waals surface area contributed by atoms with E-state index in [1.807, 2.05) is 0 Å². The molecule has 2 rings (SSSR count). The summed E-state index contributed by atoms with van der Waals surface area (Å²) in [4.78, 5) is 24.2. The molecule has 0 saturated heterocycles. The second kappa shape index (κ2) is 6.96. The van der Waals surface area contributed by atoms with Crippen molar-refractivity contribution in [1.82, 2.24) is 9.97 Å². The van der Waals surface area contributed by atoms with E-state index >= 15 is 0 Å². The van der Waals surface area contributed by atoms with Gasteiger partial charge in [0.05, 0.1) is 11.8 Å². The summed E-state index contributed by atoms with van der Waals surface area (Å²) in [6.07, 6.45) is -2.98. The number of nitrogens with one attached hydrogen (secondary N) is 1. The standard InChI is InChI=1S/C16H18F3N5O/c1-23(2)13-12(9-20-15(22-13)24(3)4)21-14(25)10-5-7-11(8-6-10)16(17,18)19/h5-9H,1-4H3,(H,21,25). The fraction of sp³-hybridized carbons (Fsp3) is 0.312. The molecule has 1 amide bonds. The predicted octanol–water partition coefficient (Wildman–Crippen LogP) is 2.88. The molecule has 2 aromatic rings. The van der Waals surface area contributed by atoms with Gasteiger partial charge in [-0.3, -0.25) is 4.79 Å². The number of benzene rings is 1. The van der Waals surface area contributed by atoms with Crippen molar-refractivity contribution in [2.24, 2.45) is 0 Å². The molecule has 0 saturated carbocycles. The number of hydrogen-bond donors (Lipinski definition) is 1. The van der Waals surface area contributed by atoms with Gasteiger partial charge in [-0.05, 0) is 24.3 Å². The van der Waals surface area contributed by atoms with Gasteiger partial charge in [-0.2, -0.15) is 18.2 Å². The zero-order valence-electron chi connectivity index (χ0n) is 14.2. The van der Waals surface area contributed by atoms with Crippen molar-refractivity contribution in [1.29, 1.82) is 0 Å². The van der Waals surface area contributed by atoms with Crippen molar-refractivity contribution in [2.45, 2.75) is 6.18 Å². The molecule has 25 heavy (non-hydrogen) atoms. The molecule has 134 valence electrons. The van der Waals surface area contributed by atoms with Gasteiger partial charge in [0.15, 0.2) is 5.82 Å². The van der Waals surface area contributed by atoms with Gasteiger partial charge in [0.2, 0.25) is 5.95 Å². The molecule has 1 aromatic heterocycles. The maximum atomic E-state index is 12.6. The van der Waals surface area contributed by atoms with Gasteiger partial charge < -0.3 is 15.1 Å². The summed E-state index contributed by atoms with van der Waals surface area (Å²) in [6, 6.07) is 3.99. The number of carbonyl (C=O) groups excluding carboxylic acids is 1. The van der Waals surface area contributed by atoms with Gasteiger partial charge in [0.1, 0.15) is 5.69 Å². The summed E-state index contributed by atoms with van der Waals surface area (Å²) in [5.74, 6) is 0.410. The Labute approximate surface area is 143 Å². The predicted molar refractivity (Wildman–Crippen MR) is 90.1 cm³/mol. The molecule has 9 heteroatoms. The number of hydrogen-bond acceptors (Lipinski definition) is 5. The first-order chi connectivity index (χ1) is 11.6. The number of amides is 1. The summed E-state index contributed by atoms with van der Waals surface area (Å²) >= 11 is 0. The molecule has 0 radical (unpaired) electrons. The molecule has 1 aromatic carbocycles. The molecule has 1 N–H and O–H groups in total. The smallest absolute Gasteiger partial charge is 0.361 e. The lowest BCUT2D eigenvalue weighted by Gasteiger charge is -2.19. The van der Waals surface area contributed by atoms with E-state index in [0.29, 0.717) is 17.5 Å². The summed E-state index contributed by atoms with van der Waals surface area (Å²) in [5, 5.41) is 2.63. The normalized spacial score (nSPS) is 11.2. The van der Waals surface area contributed by atoms with Gasteiger partial charge in [-0.25, -0.2) is 4.98 Å². The Kier molecular flexibility index (Phi) is 5.15. The Hall–Kier alpha value is -2.84. The Bertz CT molecular complexity index is 757. The number of carbonyl (C=O) groups is 1. The third-order valence-corrected chi connectivity index (χ3v) is 3.30. The molecule has 0 aliphatic rings. The van der Waals surface area contributed by atoms with Crippen molar-refractivity contribution < 1.29 is 18.0 Å². The molecular weight excluding hydrogens is 335 g/mol. The number of halogens is 3. The van der Waals surface area contributed by atoms with E-state index in [4.69, 9.17) is 0 Å². The highest BCUT2D eigenvalue weighted by Crippen LogP contribution is 2.29. The molecule has 0 atom stereocenters. The molecule has 0 spiro atoms. The van der Waals surface area contributed by atoms with Crippen LogP contribution in [0.3, 0.4) is 0 Å². The van der Waals surface area contributed by atoms with Crippen molar-refractivity contribution in [2.75, 3.05) is 43.3 Å². The first kappa shape index (κ1) is 18.5. The topological polar surface area (TPSA) is 61.4 Å². The van der Waals surface area contributed by atoms with E-state index in [-0.39, 0.29) is 5.56 Å². The maximum absolute atomic E-state index is 12.6. The van der Waals surface area contributed by atoms with E-state index in [0.717, 1.165) is 24.3 Å². The third-order valence-electron chi connectivity index (χ3n) is 3.30. The quantitative estimate of drug-likeness (QED) is 0.916. The van der Waals surface area contributed by atoms with Crippen LogP contribution < -0.4 is 15.1 Å². The van der Waals surface area contributed by atoms with Gasteiger partial charge in [-0.15, -0.1) is 0 Å². The minimum absolute atomic E-state index is 0.106. The lowest BCUT2D eigenvalue weighted by Crippen LogP contribution is -2.21. The zero-order chi connectivity index (χ0) is 18.8. The van der Waals surface area contributed by atoms with E-state index in [1.54, 1.807) is 38.0 Å². The lowest BCUT2D eigenvalue weighted by atomic mass is 10.1. The van der Waals surface area contributed by atoms with Gasteiger partial charge >= 0.3 is 6.18 Å². The highest BCUT2D eigenvalue weighted by Gasteiger charge is 2.30. The van der Waals surface area contributed by atoms with Crippen LogP contribution in [-0.4, -0.2) is 44.1 Å². The second-order valence-electron chi connectivity index (χ2n) is 5.73. The molecule has 6 nitrogen and oxygen atoms in total. The van der Waals surface area contributed by atoms with Crippen molar-refractivity contribution in [3.63, 3.8) is 0 Å². The van der Waals surface area contributed by atoms with Gasteiger partial charge in [0, 0.05) is 33.8 Å². The van der Waals surface area contributed by atoms with Crippen molar-refractivity contribution in [3.8, 4) is 0 Å². The summed E-state index contributed by atoms with van der Waals surface area (Å²) in [5.41, 5.74) is -0.341. The number of aromatic nitrogens is 2. The van der Waals surface area contributed by atoms with Crippen LogP contribution >= 0.6 is 0 Å². The minimum Gasteiger partial charge on any atom is -0.361 e. The molecular formula is C16H18F3N5O. The fourth-order valence-electron chi connectivity index (χ4n) is 2.01. The summed E-state index contributed by atoms with van der Waals surface area (Å²) in [7, 11) is 7.09. The van der Waals surface area contributed by atoms with Gasteiger partial charge in [0.25, 0.3) is 5.91 Å². The first-order valence-electron chi connectivity index (χ1n) is 7.30. The van der Waals surface area contributed by atoms with Crippen molar-refractivity contribution >= 4 is 23.4 Å². The summed E-state index contributed by atoms with van der Waals surface area (Å²) < 4.78 is 37.8. The van der Waals surface area contributed by atoms with Crippen LogP contribution in [0.5, 0.6) is 0 Å². The molecule has 0 bridgehead atoms. The van der Waals surface area contributed by atoms with Crippen LogP contribution in [0.2, 0.25) is 0 Å². The number of rotatable bonds is 4. The van der Waals surface area contributed by atoms with E-state index in [9.17, 15) is 18.0 Å². The highest BCUT2D eigenvalue weighted by molar-refractivity contribution is 6.05. The molecule has 0 unspecified atom stereocenters. The Morgan fingerprint density at radius 2 is 1.64 bits per heavy atom. The number of nitrogens with zero attached hydrogens (tertiary/aromatic N) is 4. The van der Waals surface area contributed by atoms with E-state index in [1.165, 1.54) is 6.20 Å². The largest absolute Gasteiger partial charge is 0.416 e. The molecule has 0 aliphatic heterocycles. The fourth-order valence-corrected chi connectivity index (χ4v) is 2.01. The van der Waals surface area contributed by atoms with E-state index in [2.05, 4.69) is 15.3 Å². The molecule has 1 heterocycles. The van der Waals surface area contributed by atoms with Crippen LogP contribution in [0.1, 0.15) is 15.9 Å². The number of anilines is 3. The average molecular weight is 353 g/mol. The third kappa shape index (κ3) is 4.37. The van der Waals surface area contributed by atoms with Crippen LogP contribution in [0.15, 0.2) is 30.5 Å². The monoisotopic (exact) mass is 353 g/mol. The Balaban J connectivity index is 2.25. The number of alkyl halides is 3. The van der Waals surface area contributed by atoms with Gasteiger partial charge in [-0.1, -0.05) is 0 Å². The summed E-state index contributed by atoms with van der Waals surface area (Å²) in [6.45, 7) is 0. The zero-order valence-corrected chi connectivity index (χ0v) is 14.2. The SMILES string of the molecule is CN(C)c1ncc(NC(=O)c2ccc(C(F)(F)F)cc2)c(N(C)C)n1. The van der Waals surface area contributed by atoms with Crippen LogP contribution in [-0.2, 0) is 6.18 Å². The van der Waals surface area contributed by atoms with Crippen LogP contribution in [0.4, 0.5) is 30.6 Å².